The van der Waals surface area contributed by atoms with Gasteiger partial charge in [0.2, 0.25) is 5.91 Å². The van der Waals surface area contributed by atoms with E-state index in [4.69, 9.17) is 4.74 Å². The van der Waals surface area contributed by atoms with Crippen molar-refractivity contribution in [2.24, 2.45) is 0 Å². The van der Waals surface area contributed by atoms with Gasteiger partial charge in [-0.05, 0) is 13.3 Å². The van der Waals surface area contributed by atoms with Gasteiger partial charge in [0, 0.05) is 25.4 Å². The molecule has 1 spiro atoms. The van der Waals surface area contributed by atoms with Crippen molar-refractivity contribution in [3.05, 3.63) is 0 Å². The molecular formula is C11H18FNO2S. The standard InChI is InChI=1S/C11H18FNO2S/c1-2-15-9-5-11(16-6-9)7-13(8-11)10(14)3-4-12/h9H,2-8H2,1H3. The molecule has 2 fully saturated rings. The summed E-state index contributed by atoms with van der Waals surface area (Å²) >= 11 is 1.91. The predicted octanol–water partition coefficient (Wildman–Crippen LogP) is 1.47. The number of halogens is 1. The second-order valence-electron chi connectivity index (χ2n) is 4.46. The molecule has 2 rings (SSSR count). The molecule has 2 heterocycles. The Labute approximate surface area is 99.7 Å². The van der Waals surface area contributed by atoms with Gasteiger partial charge in [-0.3, -0.25) is 9.18 Å². The normalized spacial score (nSPS) is 27.1. The van der Waals surface area contributed by atoms with Crippen molar-refractivity contribution in [1.29, 1.82) is 0 Å². The fourth-order valence-corrected chi connectivity index (χ4v) is 3.98. The number of amides is 1. The highest BCUT2D eigenvalue weighted by Crippen LogP contribution is 2.46. The Kier molecular flexibility index (Phi) is 3.74. The van der Waals surface area contributed by atoms with Gasteiger partial charge in [-0.2, -0.15) is 0 Å². The molecule has 0 aromatic heterocycles. The number of hydrogen-bond acceptors (Lipinski definition) is 3. The van der Waals surface area contributed by atoms with Crippen LogP contribution in [-0.4, -0.2) is 53.8 Å². The molecule has 0 aromatic rings. The van der Waals surface area contributed by atoms with Gasteiger partial charge in [0.25, 0.3) is 0 Å². The van der Waals surface area contributed by atoms with Gasteiger partial charge in [0.05, 0.1) is 23.9 Å². The monoisotopic (exact) mass is 247 g/mol. The SMILES string of the molecule is CCOC1CSC2(C1)CN(C(=O)CCF)C2. The molecular weight excluding hydrogens is 229 g/mol. The topological polar surface area (TPSA) is 29.5 Å². The third-order valence-corrected chi connectivity index (χ3v) is 4.77. The molecule has 0 radical (unpaired) electrons. The first-order valence-electron chi connectivity index (χ1n) is 5.78. The maximum atomic E-state index is 12.0. The molecule has 0 aromatic carbocycles. The number of carbonyl (C=O) groups is 1. The highest BCUT2D eigenvalue weighted by Gasteiger charge is 2.50. The van der Waals surface area contributed by atoms with Crippen LogP contribution in [0, 0.1) is 0 Å². The number of likely N-dealkylation sites (tertiary alicyclic amines) is 1. The summed E-state index contributed by atoms with van der Waals surface area (Å²) in [6, 6.07) is 0. The summed E-state index contributed by atoms with van der Waals surface area (Å²) in [5, 5.41) is 0. The van der Waals surface area contributed by atoms with E-state index in [-0.39, 0.29) is 17.1 Å². The van der Waals surface area contributed by atoms with Crippen molar-refractivity contribution in [1.82, 2.24) is 4.90 Å². The van der Waals surface area contributed by atoms with Crippen LogP contribution >= 0.6 is 11.8 Å². The van der Waals surface area contributed by atoms with Gasteiger partial charge < -0.3 is 9.64 Å². The number of thioether (sulfide) groups is 1. The average molecular weight is 247 g/mol. The van der Waals surface area contributed by atoms with E-state index in [0.29, 0.717) is 6.10 Å². The Morgan fingerprint density at radius 1 is 1.62 bits per heavy atom. The van der Waals surface area contributed by atoms with Gasteiger partial charge in [-0.15, -0.1) is 11.8 Å². The van der Waals surface area contributed by atoms with E-state index < -0.39 is 6.67 Å². The van der Waals surface area contributed by atoms with Crippen LogP contribution < -0.4 is 0 Å². The van der Waals surface area contributed by atoms with Crippen LogP contribution in [0.5, 0.6) is 0 Å². The average Bonchev–Trinajstić information content (AvgIpc) is 2.61. The lowest BCUT2D eigenvalue weighted by molar-refractivity contribution is -0.137. The van der Waals surface area contributed by atoms with Crippen LogP contribution in [0.25, 0.3) is 0 Å². The first-order chi connectivity index (χ1) is 7.69. The van der Waals surface area contributed by atoms with E-state index in [2.05, 4.69) is 0 Å². The Bertz CT molecular complexity index is 269. The molecule has 2 aliphatic heterocycles. The third-order valence-electron chi connectivity index (χ3n) is 3.20. The van der Waals surface area contributed by atoms with Crippen molar-refractivity contribution in [3.63, 3.8) is 0 Å². The molecule has 0 aliphatic carbocycles. The van der Waals surface area contributed by atoms with Crippen molar-refractivity contribution in [2.75, 3.05) is 32.1 Å². The van der Waals surface area contributed by atoms with E-state index in [1.54, 1.807) is 4.90 Å². The minimum Gasteiger partial charge on any atom is -0.378 e. The molecule has 92 valence electrons. The molecule has 16 heavy (non-hydrogen) atoms. The van der Waals surface area contributed by atoms with Crippen LogP contribution in [0.2, 0.25) is 0 Å². The zero-order valence-corrected chi connectivity index (χ0v) is 10.4. The van der Waals surface area contributed by atoms with Crippen LogP contribution in [0.4, 0.5) is 4.39 Å². The fraction of sp³-hybridized carbons (Fsp3) is 0.909. The smallest absolute Gasteiger partial charge is 0.225 e. The summed E-state index contributed by atoms with van der Waals surface area (Å²) in [7, 11) is 0. The van der Waals surface area contributed by atoms with Crippen LogP contribution in [0.1, 0.15) is 19.8 Å². The van der Waals surface area contributed by atoms with Crippen LogP contribution in [0.3, 0.4) is 0 Å². The van der Waals surface area contributed by atoms with E-state index in [1.807, 2.05) is 18.7 Å². The lowest BCUT2D eigenvalue weighted by Gasteiger charge is -2.47. The van der Waals surface area contributed by atoms with Crippen molar-refractivity contribution in [3.8, 4) is 0 Å². The maximum absolute atomic E-state index is 12.0. The Morgan fingerprint density at radius 3 is 3.00 bits per heavy atom. The van der Waals surface area contributed by atoms with Crippen molar-refractivity contribution in [2.45, 2.75) is 30.6 Å². The summed E-state index contributed by atoms with van der Waals surface area (Å²) in [5.74, 6) is 0.979. The minimum atomic E-state index is -0.545. The zero-order chi connectivity index (χ0) is 11.6. The van der Waals surface area contributed by atoms with Crippen molar-refractivity contribution < 1.29 is 13.9 Å². The largest absolute Gasteiger partial charge is 0.378 e. The zero-order valence-electron chi connectivity index (χ0n) is 9.58. The highest BCUT2D eigenvalue weighted by molar-refractivity contribution is 8.01. The molecule has 1 unspecified atom stereocenters. The fourth-order valence-electron chi connectivity index (χ4n) is 2.43. The number of hydrogen-bond donors (Lipinski definition) is 0. The summed E-state index contributed by atoms with van der Waals surface area (Å²) in [5.41, 5.74) is 0. The lowest BCUT2D eigenvalue weighted by Crippen LogP contribution is -2.60. The van der Waals surface area contributed by atoms with Crippen molar-refractivity contribution >= 4 is 17.7 Å². The van der Waals surface area contributed by atoms with Crippen LogP contribution in [0.15, 0.2) is 0 Å². The second kappa shape index (κ2) is 4.92. The number of rotatable bonds is 4. The molecule has 3 nitrogen and oxygen atoms in total. The van der Waals surface area contributed by atoms with Gasteiger partial charge in [-0.1, -0.05) is 0 Å². The van der Waals surface area contributed by atoms with Gasteiger partial charge in [0.1, 0.15) is 0 Å². The van der Waals surface area contributed by atoms with Gasteiger partial charge in [0.15, 0.2) is 0 Å². The second-order valence-corrected chi connectivity index (χ2v) is 5.95. The first-order valence-corrected chi connectivity index (χ1v) is 6.77. The van der Waals surface area contributed by atoms with Crippen LogP contribution in [-0.2, 0) is 9.53 Å². The third kappa shape index (κ3) is 2.35. The Balaban J connectivity index is 1.77. The molecule has 0 bridgehead atoms. The molecule has 2 aliphatic rings. The van der Waals surface area contributed by atoms with E-state index in [9.17, 15) is 9.18 Å². The molecule has 5 heteroatoms. The summed E-state index contributed by atoms with van der Waals surface area (Å²) in [6.07, 6.45) is 1.41. The number of alkyl halides is 1. The lowest BCUT2D eigenvalue weighted by atomic mass is 9.92. The number of ether oxygens (including phenoxy) is 1. The molecule has 1 amide bonds. The molecule has 0 saturated carbocycles. The van der Waals surface area contributed by atoms with Gasteiger partial charge >= 0.3 is 0 Å². The highest BCUT2D eigenvalue weighted by atomic mass is 32.2. The van der Waals surface area contributed by atoms with E-state index in [1.165, 1.54) is 0 Å². The van der Waals surface area contributed by atoms with E-state index >= 15 is 0 Å². The number of nitrogens with zero attached hydrogens (tertiary/aromatic N) is 1. The minimum absolute atomic E-state index is 0.0373. The molecule has 0 N–H and O–H groups in total. The molecule has 2 saturated heterocycles. The molecule has 1 atom stereocenters. The summed E-state index contributed by atoms with van der Waals surface area (Å²) < 4.78 is 17.8. The quantitative estimate of drug-likeness (QED) is 0.753. The Hall–Kier alpha value is -0.290. The number of carbonyl (C=O) groups excluding carboxylic acids is 1. The predicted molar refractivity (Wildman–Crippen MR) is 62.4 cm³/mol. The Morgan fingerprint density at radius 2 is 2.38 bits per heavy atom. The van der Waals surface area contributed by atoms with E-state index in [0.717, 1.165) is 31.9 Å². The first kappa shape index (κ1) is 12.2. The summed E-state index contributed by atoms with van der Waals surface area (Å²) in [6.45, 7) is 3.77. The van der Waals surface area contributed by atoms with Gasteiger partial charge in [-0.25, -0.2) is 0 Å². The summed E-state index contributed by atoms with van der Waals surface area (Å²) in [4.78, 5) is 13.2. The maximum Gasteiger partial charge on any atom is 0.225 e.